The summed E-state index contributed by atoms with van der Waals surface area (Å²) in [4.78, 5) is 0. The molecular weight excluding hydrogens is 182 g/mol. The second kappa shape index (κ2) is 8.30. The maximum atomic E-state index is 5.35. The summed E-state index contributed by atoms with van der Waals surface area (Å²) < 4.78 is 5.35. The highest BCUT2D eigenvalue weighted by atomic mass is 32.1. The van der Waals surface area contributed by atoms with E-state index in [1.807, 2.05) is 0 Å². The Hall–Kier alpha value is -0.310. The third-order valence-electron chi connectivity index (χ3n) is 2.02. The molecule has 0 spiro atoms. The van der Waals surface area contributed by atoms with Crippen LogP contribution in [0.1, 0.15) is 52.4 Å². The van der Waals surface area contributed by atoms with Gasteiger partial charge in [0.2, 0.25) is 0 Å². The molecule has 0 aliphatic carbocycles. The van der Waals surface area contributed by atoms with Crippen molar-refractivity contribution in [3.8, 4) is 0 Å². The average Bonchev–Trinajstić information content (AvgIpc) is 2.04. The quantitative estimate of drug-likeness (QED) is 0.510. The van der Waals surface area contributed by atoms with Crippen LogP contribution in [0.2, 0.25) is 0 Å². The summed E-state index contributed by atoms with van der Waals surface area (Å²) in [6.07, 6.45) is 7.23. The molecule has 0 rings (SSSR count). The molecule has 0 aromatic rings. The Morgan fingerprint density at radius 2 is 1.92 bits per heavy atom. The van der Waals surface area contributed by atoms with Crippen molar-refractivity contribution in [2.45, 2.75) is 58.5 Å². The van der Waals surface area contributed by atoms with E-state index >= 15 is 0 Å². The highest BCUT2D eigenvalue weighted by Gasteiger charge is 2.08. The molecule has 2 nitrogen and oxygen atoms in total. The van der Waals surface area contributed by atoms with Crippen LogP contribution < -0.4 is 5.73 Å². The largest absolute Gasteiger partial charge is 0.468 e. The Bertz CT molecular complexity index is 139. The summed E-state index contributed by atoms with van der Waals surface area (Å²) in [6, 6.07) is 0. The first-order chi connectivity index (χ1) is 6.20. The number of rotatable bonds is 7. The van der Waals surface area contributed by atoms with E-state index in [1.165, 1.54) is 19.3 Å². The van der Waals surface area contributed by atoms with Gasteiger partial charge in [-0.25, -0.2) is 0 Å². The van der Waals surface area contributed by atoms with E-state index in [2.05, 4.69) is 13.8 Å². The molecule has 0 saturated carbocycles. The number of unbranched alkanes of at least 4 members (excludes halogenated alkanes) is 2. The fourth-order valence-corrected chi connectivity index (χ4v) is 1.51. The van der Waals surface area contributed by atoms with Gasteiger partial charge in [0, 0.05) is 0 Å². The maximum absolute atomic E-state index is 5.35. The molecule has 3 heteroatoms. The van der Waals surface area contributed by atoms with Crippen LogP contribution in [0.3, 0.4) is 0 Å². The van der Waals surface area contributed by atoms with Crippen LogP contribution in [0.5, 0.6) is 0 Å². The van der Waals surface area contributed by atoms with Gasteiger partial charge in [-0.1, -0.05) is 33.1 Å². The summed E-state index contributed by atoms with van der Waals surface area (Å²) in [7, 11) is 0. The van der Waals surface area contributed by atoms with Gasteiger partial charge in [0.1, 0.15) is 6.10 Å². The molecule has 0 fully saturated rings. The third kappa shape index (κ3) is 8.03. The van der Waals surface area contributed by atoms with E-state index in [9.17, 15) is 0 Å². The molecule has 0 aliphatic heterocycles. The van der Waals surface area contributed by atoms with Crippen molar-refractivity contribution in [1.82, 2.24) is 0 Å². The predicted octanol–water partition coefficient (Wildman–Crippen LogP) is 3.00. The minimum absolute atomic E-state index is 0.190. The first-order valence-electron chi connectivity index (χ1n) is 5.16. The fraction of sp³-hybridized carbons (Fsp3) is 0.900. The van der Waals surface area contributed by atoms with E-state index < -0.39 is 0 Å². The number of nitrogens with two attached hydrogens (primary N) is 1. The van der Waals surface area contributed by atoms with Gasteiger partial charge in [-0.2, -0.15) is 0 Å². The van der Waals surface area contributed by atoms with Crippen LogP contribution in [0, 0.1) is 0 Å². The number of hydrogen-bond acceptors (Lipinski definition) is 2. The molecule has 0 saturated heterocycles. The summed E-state index contributed by atoms with van der Waals surface area (Å²) in [5.41, 5.74) is 5.34. The molecule has 0 bridgehead atoms. The second-order valence-corrected chi connectivity index (χ2v) is 3.75. The SMILES string of the molecule is CCCCCC(CCC)OC(N)=S. The molecule has 0 aromatic carbocycles. The lowest BCUT2D eigenvalue weighted by molar-refractivity contribution is 0.165. The zero-order valence-corrected chi connectivity index (χ0v) is 9.53. The summed E-state index contributed by atoms with van der Waals surface area (Å²) in [5, 5.41) is 0.190. The zero-order chi connectivity index (χ0) is 10.1. The molecule has 1 unspecified atom stereocenters. The molecule has 0 amide bonds. The molecule has 1 atom stereocenters. The zero-order valence-electron chi connectivity index (χ0n) is 8.71. The lowest BCUT2D eigenvalue weighted by Crippen LogP contribution is -2.22. The van der Waals surface area contributed by atoms with E-state index in [1.54, 1.807) is 0 Å². The number of ether oxygens (including phenoxy) is 1. The van der Waals surface area contributed by atoms with Gasteiger partial charge in [-0.05, 0) is 31.5 Å². The van der Waals surface area contributed by atoms with Gasteiger partial charge in [0.15, 0.2) is 0 Å². The minimum atomic E-state index is 0.190. The summed E-state index contributed by atoms with van der Waals surface area (Å²) in [5.74, 6) is 0. The maximum Gasteiger partial charge on any atom is 0.254 e. The Morgan fingerprint density at radius 1 is 1.23 bits per heavy atom. The second-order valence-electron chi connectivity index (χ2n) is 3.34. The first kappa shape index (κ1) is 12.7. The molecule has 0 heterocycles. The normalized spacial score (nSPS) is 12.5. The molecule has 0 aromatic heterocycles. The van der Waals surface area contributed by atoms with Gasteiger partial charge < -0.3 is 10.5 Å². The van der Waals surface area contributed by atoms with Gasteiger partial charge in [-0.15, -0.1) is 0 Å². The predicted molar refractivity (Wildman–Crippen MR) is 60.7 cm³/mol. The van der Waals surface area contributed by atoms with E-state index in [-0.39, 0.29) is 11.3 Å². The first-order valence-corrected chi connectivity index (χ1v) is 5.57. The van der Waals surface area contributed by atoms with Crippen LogP contribution >= 0.6 is 12.2 Å². The Labute approximate surface area is 86.8 Å². The van der Waals surface area contributed by atoms with Gasteiger partial charge >= 0.3 is 0 Å². The molecule has 78 valence electrons. The molecule has 2 N–H and O–H groups in total. The highest BCUT2D eigenvalue weighted by Crippen LogP contribution is 2.11. The van der Waals surface area contributed by atoms with E-state index in [4.69, 9.17) is 22.7 Å². The molecular formula is C10H21NOS. The van der Waals surface area contributed by atoms with Crippen molar-refractivity contribution in [2.75, 3.05) is 0 Å². The Morgan fingerprint density at radius 3 is 2.38 bits per heavy atom. The van der Waals surface area contributed by atoms with Crippen molar-refractivity contribution in [1.29, 1.82) is 0 Å². The number of hydrogen-bond donors (Lipinski definition) is 1. The van der Waals surface area contributed by atoms with Crippen LogP contribution in [0.4, 0.5) is 0 Å². The van der Waals surface area contributed by atoms with Crippen molar-refractivity contribution in [2.24, 2.45) is 5.73 Å². The van der Waals surface area contributed by atoms with Crippen molar-refractivity contribution in [3.05, 3.63) is 0 Å². The summed E-state index contributed by atoms with van der Waals surface area (Å²) in [6.45, 7) is 4.35. The van der Waals surface area contributed by atoms with Crippen LogP contribution in [0.25, 0.3) is 0 Å². The monoisotopic (exact) mass is 203 g/mol. The van der Waals surface area contributed by atoms with Gasteiger partial charge in [0.25, 0.3) is 5.17 Å². The van der Waals surface area contributed by atoms with Crippen LogP contribution in [-0.2, 0) is 4.74 Å². The lowest BCUT2D eigenvalue weighted by Gasteiger charge is -2.16. The Kier molecular flexibility index (Phi) is 8.10. The average molecular weight is 203 g/mol. The van der Waals surface area contributed by atoms with Crippen LogP contribution in [-0.4, -0.2) is 11.3 Å². The topological polar surface area (TPSA) is 35.2 Å². The van der Waals surface area contributed by atoms with Crippen LogP contribution in [0.15, 0.2) is 0 Å². The van der Waals surface area contributed by atoms with E-state index in [0.717, 1.165) is 19.3 Å². The fourth-order valence-electron chi connectivity index (χ4n) is 1.37. The number of thiocarbonyl (C=S) groups is 1. The third-order valence-corrected chi connectivity index (χ3v) is 2.12. The molecule has 0 radical (unpaired) electrons. The standard InChI is InChI=1S/C10H21NOS/c1-3-5-6-8-9(7-4-2)12-10(11)13/h9H,3-8H2,1-2H3,(H2,11,13). The van der Waals surface area contributed by atoms with Crippen molar-refractivity contribution in [3.63, 3.8) is 0 Å². The molecule has 13 heavy (non-hydrogen) atoms. The highest BCUT2D eigenvalue weighted by molar-refractivity contribution is 7.80. The minimum Gasteiger partial charge on any atom is -0.468 e. The van der Waals surface area contributed by atoms with Gasteiger partial charge in [-0.3, -0.25) is 0 Å². The van der Waals surface area contributed by atoms with Crippen molar-refractivity contribution >= 4 is 17.4 Å². The van der Waals surface area contributed by atoms with Gasteiger partial charge in [0.05, 0.1) is 0 Å². The summed E-state index contributed by atoms with van der Waals surface area (Å²) >= 11 is 4.72. The lowest BCUT2D eigenvalue weighted by atomic mass is 10.1. The molecule has 0 aliphatic rings. The Balaban J connectivity index is 3.59. The smallest absolute Gasteiger partial charge is 0.254 e. The van der Waals surface area contributed by atoms with Crippen molar-refractivity contribution < 1.29 is 4.74 Å². The van der Waals surface area contributed by atoms with E-state index in [0.29, 0.717) is 0 Å².